The second-order valence-corrected chi connectivity index (χ2v) is 7.00. The number of carboxylic acid groups (broad SMARTS) is 1. The standard InChI is InChI=1S/C16H30N2O3/c1-12(2)8-13(9-15(20)21)11-18-14(19)10-16(17)6-4-3-5-7-16/h12-13H,3-11,17H2,1-2H3,(H,18,19)(H,20,21)/t13-/m0/s1. The molecule has 4 N–H and O–H groups in total. The van der Waals surface area contributed by atoms with Crippen LogP contribution in [-0.2, 0) is 9.59 Å². The minimum atomic E-state index is -0.808. The minimum absolute atomic E-state index is 0.00784. The van der Waals surface area contributed by atoms with E-state index in [2.05, 4.69) is 19.2 Å². The fourth-order valence-corrected chi connectivity index (χ4v) is 3.23. The second-order valence-electron chi connectivity index (χ2n) is 7.00. The molecule has 0 radical (unpaired) electrons. The molecular formula is C16H30N2O3. The Morgan fingerprint density at radius 1 is 1.24 bits per heavy atom. The van der Waals surface area contributed by atoms with Gasteiger partial charge in [-0.05, 0) is 31.1 Å². The van der Waals surface area contributed by atoms with Gasteiger partial charge >= 0.3 is 5.97 Å². The molecule has 0 aliphatic heterocycles. The Morgan fingerprint density at radius 2 is 1.86 bits per heavy atom. The molecule has 1 aliphatic carbocycles. The van der Waals surface area contributed by atoms with Crippen LogP contribution in [0.1, 0.15) is 65.2 Å². The first-order valence-electron chi connectivity index (χ1n) is 8.08. The maximum atomic E-state index is 12.1. The molecule has 1 amide bonds. The van der Waals surface area contributed by atoms with Crippen molar-refractivity contribution < 1.29 is 14.7 Å². The highest BCUT2D eigenvalue weighted by Gasteiger charge is 2.30. The molecule has 1 aliphatic rings. The molecule has 122 valence electrons. The van der Waals surface area contributed by atoms with Gasteiger partial charge in [0.15, 0.2) is 0 Å². The number of aliphatic carboxylic acids is 1. The van der Waals surface area contributed by atoms with Crippen molar-refractivity contribution in [3.05, 3.63) is 0 Å². The third-order valence-corrected chi connectivity index (χ3v) is 4.22. The van der Waals surface area contributed by atoms with Crippen LogP contribution in [0.4, 0.5) is 0 Å². The first-order valence-corrected chi connectivity index (χ1v) is 8.08. The van der Waals surface area contributed by atoms with Crippen LogP contribution in [0.2, 0.25) is 0 Å². The van der Waals surface area contributed by atoms with E-state index in [9.17, 15) is 9.59 Å². The summed E-state index contributed by atoms with van der Waals surface area (Å²) in [7, 11) is 0. The number of nitrogens with two attached hydrogens (primary N) is 1. The molecule has 0 aromatic rings. The maximum Gasteiger partial charge on any atom is 0.303 e. The van der Waals surface area contributed by atoms with Crippen LogP contribution >= 0.6 is 0 Å². The van der Waals surface area contributed by atoms with Gasteiger partial charge in [-0.3, -0.25) is 9.59 Å². The fourth-order valence-electron chi connectivity index (χ4n) is 3.23. The summed E-state index contributed by atoms with van der Waals surface area (Å²) in [5, 5.41) is 11.8. The van der Waals surface area contributed by atoms with E-state index in [-0.39, 0.29) is 23.8 Å². The van der Waals surface area contributed by atoms with Crippen LogP contribution in [-0.4, -0.2) is 29.1 Å². The van der Waals surface area contributed by atoms with Crippen LogP contribution in [0.25, 0.3) is 0 Å². The lowest BCUT2D eigenvalue weighted by Gasteiger charge is -2.33. The summed E-state index contributed by atoms with van der Waals surface area (Å²) in [5.41, 5.74) is 5.91. The van der Waals surface area contributed by atoms with Gasteiger partial charge in [0.05, 0.1) is 0 Å². The summed E-state index contributed by atoms with van der Waals surface area (Å²) in [4.78, 5) is 22.9. The lowest BCUT2D eigenvalue weighted by Crippen LogP contribution is -2.46. The smallest absolute Gasteiger partial charge is 0.303 e. The molecule has 0 aromatic carbocycles. The quantitative estimate of drug-likeness (QED) is 0.641. The summed E-state index contributed by atoms with van der Waals surface area (Å²) < 4.78 is 0. The molecule has 1 atom stereocenters. The number of amides is 1. The zero-order valence-electron chi connectivity index (χ0n) is 13.4. The van der Waals surface area contributed by atoms with E-state index in [1.807, 2.05) is 0 Å². The molecular weight excluding hydrogens is 268 g/mol. The molecule has 21 heavy (non-hydrogen) atoms. The molecule has 1 rings (SSSR count). The number of carbonyl (C=O) groups is 2. The van der Waals surface area contributed by atoms with Gasteiger partial charge in [-0.25, -0.2) is 0 Å². The highest BCUT2D eigenvalue weighted by molar-refractivity contribution is 5.77. The van der Waals surface area contributed by atoms with Gasteiger partial charge in [-0.2, -0.15) is 0 Å². The summed E-state index contributed by atoms with van der Waals surface area (Å²) in [5.74, 6) is -0.437. The van der Waals surface area contributed by atoms with E-state index in [0.717, 1.165) is 32.1 Å². The van der Waals surface area contributed by atoms with Crippen molar-refractivity contribution in [3.8, 4) is 0 Å². The van der Waals surface area contributed by atoms with E-state index < -0.39 is 5.97 Å². The van der Waals surface area contributed by atoms with Gasteiger partial charge in [0.25, 0.3) is 0 Å². The van der Waals surface area contributed by atoms with E-state index >= 15 is 0 Å². The fraction of sp³-hybridized carbons (Fsp3) is 0.875. The van der Waals surface area contributed by atoms with Crippen molar-refractivity contribution in [1.29, 1.82) is 0 Å². The highest BCUT2D eigenvalue weighted by atomic mass is 16.4. The van der Waals surface area contributed by atoms with Crippen molar-refractivity contribution in [2.75, 3.05) is 6.54 Å². The molecule has 1 saturated carbocycles. The van der Waals surface area contributed by atoms with E-state index in [1.165, 1.54) is 6.42 Å². The first kappa shape index (κ1) is 18.0. The third kappa shape index (κ3) is 7.46. The summed E-state index contributed by atoms with van der Waals surface area (Å²) in [6, 6.07) is 0. The average molecular weight is 298 g/mol. The Bertz CT molecular complexity index is 349. The van der Waals surface area contributed by atoms with Crippen molar-refractivity contribution in [1.82, 2.24) is 5.32 Å². The van der Waals surface area contributed by atoms with Gasteiger partial charge < -0.3 is 16.2 Å². The van der Waals surface area contributed by atoms with Gasteiger partial charge in [0.2, 0.25) is 5.91 Å². The van der Waals surface area contributed by atoms with Gasteiger partial charge in [-0.15, -0.1) is 0 Å². The SMILES string of the molecule is CC(C)C[C@H](CNC(=O)CC1(N)CCCCC1)CC(=O)O. The van der Waals surface area contributed by atoms with Crippen LogP contribution in [0.3, 0.4) is 0 Å². The lowest BCUT2D eigenvalue weighted by atomic mass is 9.80. The van der Waals surface area contributed by atoms with Crippen LogP contribution in [0, 0.1) is 11.8 Å². The molecule has 0 heterocycles. The summed E-state index contributed by atoms with van der Waals surface area (Å²) >= 11 is 0. The molecule has 0 bridgehead atoms. The topological polar surface area (TPSA) is 92.4 Å². The van der Waals surface area contributed by atoms with E-state index in [0.29, 0.717) is 18.9 Å². The predicted octanol–water partition coefficient (Wildman–Crippen LogP) is 2.29. The van der Waals surface area contributed by atoms with Crippen molar-refractivity contribution in [2.45, 2.75) is 70.8 Å². The normalized spacial score (nSPS) is 19.2. The van der Waals surface area contributed by atoms with Gasteiger partial charge in [0, 0.05) is 24.9 Å². The third-order valence-electron chi connectivity index (χ3n) is 4.22. The Balaban J connectivity index is 2.39. The number of hydrogen-bond acceptors (Lipinski definition) is 3. The number of carboxylic acids is 1. The number of nitrogens with one attached hydrogen (secondary N) is 1. The summed E-state index contributed by atoms with van der Waals surface area (Å²) in [6.45, 7) is 4.56. The van der Waals surface area contributed by atoms with Crippen LogP contribution in [0.15, 0.2) is 0 Å². The molecule has 5 heteroatoms. The monoisotopic (exact) mass is 298 g/mol. The molecule has 0 aromatic heterocycles. The molecule has 1 fully saturated rings. The van der Waals surface area contributed by atoms with Crippen molar-refractivity contribution in [2.24, 2.45) is 17.6 Å². The molecule has 0 spiro atoms. The van der Waals surface area contributed by atoms with Crippen molar-refractivity contribution >= 4 is 11.9 Å². The zero-order chi connectivity index (χ0) is 15.9. The number of carbonyl (C=O) groups excluding carboxylic acids is 1. The minimum Gasteiger partial charge on any atom is -0.481 e. The molecule has 0 unspecified atom stereocenters. The first-order chi connectivity index (χ1) is 9.81. The van der Waals surface area contributed by atoms with Crippen molar-refractivity contribution in [3.63, 3.8) is 0 Å². The predicted molar refractivity (Wildman–Crippen MR) is 82.8 cm³/mol. The average Bonchev–Trinajstić information content (AvgIpc) is 2.35. The highest BCUT2D eigenvalue weighted by Crippen LogP contribution is 2.28. The Labute approximate surface area is 127 Å². The van der Waals surface area contributed by atoms with E-state index in [4.69, 9.17) is 10.8 Å². The molecule has 5 nitrogen and oxygen atoms in total. The Hall–Kier alpha value is -1.10. The lowest BCUT2D eigenvalue weighted by molar-refractivity contribution is -0.138. The molecule has 0 saturated heterocycles. The number of hydrogen-bond donors (Lipinski definition) is 3. The second kappa shape index (κ2) is 8.37. The Kier molecular flexibility index (Phi) is 7.15. The largest absolute Gasteiger partial charge is 0.481 e. The Morgan fingerprint density at radius 3 is 2.38 bits per heavy atom. The van der Waals surface area contributed by atoms with Crippen LogP contribution < -0.4 is 11.1 Å². The summed E-state index contributed by atoms with van der Waals surface area (Å²) in [6.07, 6.45) is 6.48. The zero-order valence-corrected chi connectivity index (χ0v) is 13.4. The van der Waals surface area contributed by atoms with Crippen LogP contribution in [0.5, 0.6) is 0 Å². The van der Waals surface area contributed by atoms with Gasteiger partial charge in [0.1, 0.15) is 0 Å². The maximum absolute atomic E-state index is 12.1. The number of rotatable bonds is 8. The van der Waals surface area contributed by atoms with Gasteiger partial charge in [-0.1, -0.05) is 33.1 Å². The van der Waals surface area contributed by atoms with E-state index in [1.54, 1.807) is 0 Å².